The van der Waals surface area contributed by atoms with Crippen LogP contribution in [0, 0.1) is 0 Å². The molecule has 0 amide bonds. The summed E-state index contributed by atoms with van der Waals surface area (Å²) in [4.78, 5) is 22.2. The quantitative estimate of drug-likeness (QED) is 0.294. The number of benzene rings is 2. The largest absolute Gasteiger partial charge is 0.492 e. The summed E-state index contributed by atoms with van der Waals surface area (Å²) >= 11 is 0. The molecule has 4 aliphatic heterocycles. The molecule has 0 aliphatic carbocycles. The van der Waals surface area contributed by atoms with Crippen LogP contribution in [0.15, 0.2) is 30.3 Å². The number of carboxylic acid groups (broad SMARTS) is 1. The summed E-state index contributed by atoms with van der Waals surface area (Å²) in [5.41, 5.74) is 1.75. The summed E-state index contributed by atoms with van der Waals surface area (Å²) in [5, 5.41) is 39.5. The molecule has 1 fully saturated rings. The predicted molar refractivity (Wildman–Crippen MR) is 121 cm³/mol. The topological polar surface area (TPSA) is 180 Å². The fraction of sp³-hybridized carbons (Fsp3) is 0.440. The van der Waals surface area contributed by atoms with Gasteiger partial charge >= 0.3 is 11.9 Å². The van der Waals surface area contributed by atoms with Crippen LogP contribution in [0.3, 0.4) is 0 Å². The minimum absolute atomic E-state index is 0.0523. The van der Waals surface area contributed by atoms with Gasteiger partial charge in [0.15, 0.2) is 11.5 Å². The molecule has 0 bridgehead atoms. The highest BCUT2D eigenvalue weighted by Crippen LogP contribution is 2.54. The molecule has 4 N–H and O–H groups in total. The maximum absolute atomic E-state index is 11.5. The number of aliphatic hydroxyl groups excluding tert-OH is 3. The van der Waals surface area contributed by atoms with E-state index >= 15 is 0 Å². The van der Waals surface area contributed by atoms with Crippen molar-refractivity contribution in [1.29, 1.82) is 0 Å². The van der Waals surface area contributed by atoms with E-state index in [2.05, 4.69) is 0 Å². The summed E-state index contributed by atoms with van der Waals surface area (Å²) < 4.78 is 39.2. The first-order valence-corrected chi connectivity index (χ1v) is 11.9. The van der Waals surface area contributed by atoms with Gasteiger partial charge in [-0.1, -0.05) is 0 Å². The van der Waals surface area contributed by atoms with Crippen molar-refractivity contribution >= 4 is 11.9 Å². The lowest BCUT2D eigenvalue weighted by molar-refractivity contribution is -0.278. The van der Waals surface area contributed by atoms with E-state index in [1.54, 1.807) is 18.2 Å². The maximum atomic E-state index is 11.5. The molecule has 7 atom stereocenters. The predicted octanol–water partition coefficient (Wildman–Crippen LogP) is 0.229. The molecular weight excluding hydrogens is 508 g/mol. The zero-order chi connectivity index (χ0) is 26.6. The Morgan fingerprint density at radius 2 is 1.68 bits per heavy atom. The van der Waals surface area contributed by atoms with E-state index in [0.29, 0.717) is 29.6 Å². The molecule has 13 heteroatoms. The fourth-order valence-electron chi connectivity index (χ4n) is 4.93. The van der Waals surface area contributed by atoms with Crippen LogP contribution < -0.4 is 23.7 Å². The molecule has 0 unspecified atom stereocenters. The van der Waals surface area contributed by atoms with E-state index < -0.39 is 55.7 Å². The van der Waals surface area contributed by atoms with Crippen LogP contribution in [-0.4, -0.2) is 83.1 Å². The van der Waals surface area contributed by atoms with Crippen LogP contribution in [0.2, 0.25) is 0 Å². The van der Waals surface area contributed by atoms with Gasteiger partial charge in [0.25, 0.3) is 0 Å². The van der Waals surface area contributed by atoms with Gasteiger partial charge in [-0.05, 0) is 18.2 Å². The van der Waals surface area contributed by atoms with Crippen LogP contribution in [-0.2, 0) is 19.1 Å². The highest BCUT2D eigenvalue weighted by atomic mass is 16.7. The number of hydrogen-bond acceptors (Lipinski definition) is 12. The van der Waals surface area contributed by atoms with Crippen LogP contribution >= 0.6 is 0 Å². The number of hydrogen-bond donors (Lipinski definition) is 4. The monoisotopic (exact) mass is 532 g/mol. The normalized spacial score (nSPS) is 30.2. The molecule has 202 valence electrons. The average molecular weight is 532 g/mol. The zero-order valence-electron chi connectivity index (χ0n) is 19.7. The van der Waals surface area contributed by atoms with Gasteiger partial charge in [0, 0.05) is 23.3 Å². The summed E-state index contributed by atoms with van der Waals surface area (Å²) in [7, 11) is 0. The number of carbonyl (C=O) groups excluding carboxylic acids is 1. The molecule has 0 saturated carbocycles. The first-order chi connectivity index (χ1) is 18.3. The number of ether oxygens (including phenoxy) is 7. The Hall–Kier alpha value is -3.78. The van der Waals surface area contributed by atoms with E-state index in [9.17, 15) is 24.9 Å². The van der Waals surface area contributed by atoms with Crippen molar-refractivity contribution < 1.29 is 63.2 Å². The summed E-state index contributed by atoms with van der Waals surface area (Å²) in [5.74, 6) is 0.255. The first kappa shape index (κ1) is 24.6. The van der Waals surface area contributed by atoms with Crippen LogP contribution in [0.25, 0.3) is 0 Å². The molecule has 0 spiro atoms. The molecule has 1 saturated heterocycles. The third-order valence-corrected chi connectivity index (χ3v) is 6.86. The van der Waals surface area contributed by atoms with E-state index in [1.807, 2.05) is 12.1 Å². The molecule has 6 rings (SSSR count). The second-order valence-corrected chi connectivity index (χ2v) is 9.28. The SMILES string of the molecule is O=C(O)CC(=O)OC[C@H]1O[C@@H](Oc2ccc3c(c2)OC[C@H]2c4cc5c(cc4O[C@@H]32)OCO5)[C@H](O)[C@@H](O)[C@@H]1O. The number of rotatable bonds is 6. The molecule has 13 nitrogen and oxygen atoms in total. The Morgan fingerprint density at radius 3 is 2.47 bits per heavy atom. The van der Waals surface area contributed by atoms with E-state index in [-0.39, 0.29) is 24.6 Å². The van der Waals surface area contributed by atoms with Crippen molar-refractivity contribution in [2.45, 2.75) is 49.1 Å². The molecular formula is C25H24O13. The molecule has 4 heterocycles. The van der Waals surface area contributed by atoms with Gasteiger partial charge < -0.3 is 53.6 Å². The number of carboxylic acids is 1. The second-order valence-electron chi connectivity index (χ2n) is 9.28. The molecule has 38 heavy (non-hydrogen) atoms. The van der Waals surface area contributed by atoms with Gasteiger partial charge in [-0.2, -0.15) is 0 Å². The molecule has 4 aliphatic rings. The number of fused-ring (bicyclic) bond motifs is 6. The van der Waals surface area contributed by atoms with Crippen LogP contribution in [0.1, 0.15) is 29.6 Å². The Balaban J connectivity index is 1.15. The summed E-state index contributed by atoms with van der Waals surface area (Å²) in [6.45, 7) is -0.0455. The van der Waals surface area contributed by atoms with Crippen LogP contribution in [0.5, 0.6) is 28.7 Å². The average Bonchev–Trinajstić information content (AvgIpc) is 3.50. The van der Waals surface area contributed by atoms with Gasteiger partial charge in [-0.3, -0.25) is 9.59 Å². The lowest BCUT2D eigenvalue weighted by Crippen LogP contribution is -2.60. The van der Waals surface area contributed by atoms with Crippen molar-refractivity contribution in [1.82, 2.24) is 0 Å². The minimum Gasteiger partial charge on any atom is -0.492 e. The number of aliphatic hydroxyl groups is 3. The molecule has 2 aromatic carbocycles. The van der Waals surface area contributed by atoms with Crippen molar-refractivity contribution in [3.05, 3.63) is 41.5 Å². The number of carbonyl (C=O) groups is 2. The fourth-order valence-corrected chi connectivity index (χ4v) is 4.93. The number of esters is 1. The zero-order valence-corrected chi connectivity index (χ0v) is 19.7. The van der Waals surface area contributed by atoms with Gasteiger partial charge in [0.05, 0.1) is 12.5 Å². The number of aliphatic carboxylic acids is 1. The van der Waals surface area contributed by atoms with E-state index in [4.69, 9.17) is 38.3 Å². The van der Waals surface area contributed by atoms with Gasteiger partial charge in [0.2, 0.25) is 13.1 Å². The summed E-state index contributed by atoms with van der Waals surface area (Å²) in [6, 6.07) is 8.70. The Labute approximate surface area is 215 Å². The Kier molecular flexibility index (Phi) is 6.14. The maximum Gasteiger partial charge on any atom is 0.317 e. The third-order valence-electron chi connectivity index (χ3n) is 6.86. The lowest BCUT2D eigenvalue weighted by Gasteiger charge is -2.40. The van der Waals surface area contributed by atoms with Crippen LogP contribution in [0.4, 0.5) is 0 Å². The minimum atomic E-state index is -1.67. The van der Waals surface area contributed by atoms with Crippen molar-refractivity contribution in [2.24, 2.45) is 0 Å². The molecule has 0 aromatic heterocycles. The Morgan fingerprint density at radius 1 is 0.895 bits per heavy atom. The van der Waals surface area contributed by atoms with E-state index in [0.717, 1.165) is 11.1 Å². The first-order valence-electron chi connectivity index (χ1n) is 11.9. The second kappa shape index (κ2) is 9.51. The summed E-state index contributed by atoms with van der Waals surface area (Å²) in [6.07, 6.45) is -8.79. The van der Waals surface area contributed by atoms with E-state index in [1.165, 1.54) is 0 Å². The Bertz CT molecular complexity index is 1260. The van der Waals surface area contributed by atoms with Gasteiger partial charge in [-0.25, -0.2) is 0 Å². The van der Waals surface area contributed by atoms with Crippen molar-refractivity contribution in [2.75, 3.05) is 20.0 Å². The molecule has 0 radical (unpaired) electrons. The smallest absolute Gasteiger partial charge is 0.317 e. The lowest BCUT2D eigenvalue weighted by atomic mass is 9.89. The standard InChI is InChI=1S/C25H24O13/c26-19(27)6-20(28)33-8-18-21(29)22(30)23(31)25(38-18)36-10-1-2-11-14(3-10)32-7-13-12-4-16-17(35-9-34-16)5-15(12)37-24(11)13/h1-5,13,18,21-25,29-31H,6-9H2,(H,26,27)/t13-,18+,21+,22-,23+,24-,25+/m0/s1. The molecule has 2 aromatic rings. The third kappa shape index (κ3) is 4.32. The van der Waals surface area contributed by atoms with Crippen molar-refractivity contribution in [3.8, 4) is 28.7 Å². The highest BCUT2D eigenvalue weighted by molar-refractivity contribution is 5.90. The van der Waals surface area contributed by atoms with Gasteiger partial charge in [0.1, 0.15) is 60.8 Å². The van der Waals surface area contributed by atoms with Gasteiger partial charge in [-0.15, -0.1) is 0 Å². The van der Waals surface area contributed by atoms with Crippen molar-refractivity contribution in [3.63, 3.8) is 0 Å². The highest BCUT2D eigenvalue weighted by Gasteiger charge is 2.46.